The summed E-state index contributed by atoms with van der Waals surface area (Å²) in [7, 11) is -3.07. The van der Waals surface area contributed by atoms with Gasteiger partial charge in [0.25, 0.3) is 0 Å². The van der Waals surface area contributed by atoms with Gasteiger partial charge in [0.2, 0.25) is 0 Å². The number of unbranched alkanes of at least 4 members (excludes halogenated alkanes) is 1. The highest BCUT2D eigenvalue weighted by Crippen LogP contribution is 2.20. The van der Waals surface area contributed by atoms with Crippen molar-refractivity contribution < 1.29 is 8.42 Å². The van der Waals surface area contributed by atoms with Gasteiger partial charge in [0, 0.05) is 11.9 Å². The Balaban J connectivity index is 2.93. The fourth-order valence-electron chi connectivity index (χ4n) is 1.58. The fourth-order valence-corrected chi connectivity index (χ4v) is 3.16. The molecule has 0 saturated carbocycles. The molecule has 0 aromatic carbocycles. The number of nitrogen functional groups attached to an aromatic ring is 1. The molecule has 0 bridgehead atoms. The predicted molar refractivity (Wildman–Crippen MR) is 70.5 cm³/mol. The second kappa shape index (κ2) is 5.49. The Morgan fingerprint density at radius 2 is 2.00 bits per heavy atom. The summed E-state index contributed by atoms with van der Waals surface area (Å²) in [5.41, 5.74) is 8.75. The van der Waals surface area contributed by atoms with Gasteiger partial charge in [-0.05, 0) is 31.4 Å². The molecule has 96 valence electrons. The smallest absolute Gasteiger partial charge is 0.156 e. The number of aromatic nitrogens is 1. The summed E-state index contributed by atoms with van der Waals surface area (Å²) in [6.07, 6.45) is 3.21. The number of nitrogens with two attached hydrogens (primary N) is 1. The molecule has 0 aliphatic carbocycles. The van der Waals surface area contributed by atoms with Crippen LogP contribution < -0.4 is 5.73 Å². The number of aryl methyl sites for hydroxylation is 1. The van der Waals surface area contributed by atoms with Crippen molar-refractivity contribution in [1.29, 1.82) is 0 Å². The second-order valence-electron chi connectivity index (χ2n) is 4.37. The van der Waals surface area contributed by atoms with E-state index in [0.29, 0.717) is 17.8 Å². The maximum atomic E-state index is 11.8. The van der Waals surface area contributed by atoms with Crippen LogP contribution in [0.2, 0.25) is 0 Å². The van der Waals surface area contributed by atoms with Gasteiger partial charge in [0.05, 0.1) is 17.2 Å². The lowest BCUT2D eigenvalue weighted by Gasteiger charge is -2.10. The molecule has 0 radical (unpaired) electrons. The molecule has 0 saturated heterocycles. The van der Waals surface area contributed by atoms with Gasteiger partial charge in [-0.15, -0.1) is 0 Å². The molecule has 17 heavy (non-hydrogen) atoms. The summed E-state index contributed by atoms with van der Waals surface area (Å²) in [4.78, 5) is 4.17. The minimum Gasteiger partial charge on any atom is -0.398 e. The van der Waals surface area contributed by atoms with E-state index in [0.717, 1.165) is 17.5 Å². The molecule has 0 spiro atoms. The average molecular weight is 256 g/mol. The van der Waals surface area contributed by atoms with E-state index < -0.39 is 9.84 Å². The van der Waals surface area contributed by atoms with Crippen molar-refractivity contribution in [3.8, 4) is 0 Å². The van der Waals surface area contributed by atoms with Gasteiger partial charge >= 0.3 is 0 Å². The minimum atomic E-state index is -3.07. The largest absolute Gasteiger partial charge is 0.398 e. The Morgan fingerprint density at radius 3 is 2.59 bits per heavy atom. The predicted octanol–water partition coefficient (Wildman–Crippen LogP) is 2.00. The third-order valence-corrected chi connectivity index (χ3v) is 4.47. The van der Waals surface area contributed by atoms with Crippen LogP contribution in [0, 0.1) is 13.8 Å². The number of sulfone groups is 1. The molecule has 0 unspecified atom stereocenters. The summed E-state index contributed by atoms with van der Waals surface area (Å²) in [5, 5.41) is 0. The highest BCUT2D eigenvalue weighted by atomic mass is 32.2. The number of rotatable bonds is 5. The molecule has 2 N–H and O–H groups in total. The zero-order chi connectivity index (χ0) is 13.1. The van der Waals surface area contributed by atoms with E-state index in [2.05, 4.69) is 4.98 Å². The van der Waals surface area contributed by atoms with Gasteiger partial charge in [-0.1, -0.05) is 13.3 Å². The van der Waals surface area contributed by atoms with Crippen LogP contribution in [-0.2, 0) is 15.6 Å². The quantitative estimate of drug-likeness (QED) is 0.874. The first-order chi connectivity index (χ1) is 7.87. The molecule has 4 nitrogen and oxygen atoms in total. The summed E-state index contributed by atoms with van der Waals surface area (Å²) < 4.78 is 23.7. The van der Waals surface area contributed by atoms with Gasteiger partial charge in [0.15, 0.2) is 9.84 Å². The normalized spacial score (nSPS) is 11.7. The topological polar surface area (TPSA) is 73.0 Å². The zero-order valence-electron chi connectivity index (χ0n) is 10.7. The van der Waals surface area contributed by atoms with Crippen LogP contribution in [0.3, 0.4) is 0 Å². The SMILES string of the molecule is CCCCS(=O)(=O)Cc1ncc(C)c(N)c1C. The first-order valence-electron chi connectivity index (χ1n) is 5.78. The van der Waals surface area contributed by atoms with Crippen LogP contribution in [-0.4, -0.2) is 19.2 Å². The fraction of sp³-hybridized carbons (Fsp3) is 0.583. The maximum absolute atomic E-state index is 11.8. The zero-order valence-corrected chi connectivity index (χ0v) is 11.5. The van der Waals surface area contributed by atoms with Crippen LogP contribution >= 0.6 is 0 Å². The molecule has 1 aromatic rings. The van der Waals surface area contributed by atoms with E-state index in [4.69, 9.17) is 5.73 Å². The molecule has 0 aliphatic heterocycles. The van der Waals surface area contributed by atoms with Crippen molar-refractivity contribution in [2.75, 3.05) is 11.5 Å². The lowest BCUT2D eigenvalue weighted by atomic mass is 10.1. The van der Waals surface area contributed by atoms with Crippen LogP contribution in [0.15, 0.2) is 6.20 Å². The average Bonchev–Trinajstić information content (AvgIpc) is 2.27. The van der Waals surface area contributed by atoms with E-state index in [1.165, 1.54) is 0 Å². The van der Waals surface area contributed by atoms with Crippen molar-refractivity contribution in [2.45, 2.75) is 39.4 Å². The van der Waals surface area contributed by atoms with Gasteiger partial charge in [-0.25, -0.2) is 8.42 Å². The van der Waals surface area contributed by atoms with E-state index in [-0.39, 0.29) is 11.5 Å². The second-order valence-corrected chi connectivity index (χ2v) is 6.56. The molecular weight excluding hydrogens is 236 g/mol. The minimum absolute atomic E-state index is 0.0106. The Kier molecular flexibility index (Phi) is 4.51. The third-order valence-electron chi connectivity index (χ3n) is 2.84. The molecule has 0 atom stereocenters. The van der Waals surface area contributed by atoms with Gasteiger partial charge in [-0.2, -0.15) is 0 Å². The Hall–Kier alpha value is -1.10. The standard InChI is InChI=1S/C12H20N2O2S/c1-4-5-6-17(15,16)8-11-10(3)12(13)9(2)7-14-11/h7H,4-6,8H2,1-3H3,(H2,13,14). The van der Waals surface area contributed by atoms with Crippen LogP contribution in [0.25, 0.3) is 0 Å². The Bertz CT molecular complexity index is 495. The third kappa shape index (κ3) is 3.70. The lowest BCUT2D eigenvalue weighted by molar-refractivity contribution is 0.591. The Labute approximate surface area is 103 Å². The first kappa shape index (κ1) is 14.0. The van der Waals surface area contributed by atoms with E-state index in [1.807, 2.05) is 20.8 Å². The molecule has 1 heterocycles. The van der Waals surface area contributed by atoms with Gasteiger partial charge < -0.3 is 5.73 Å². The number of hydrogen-bond donors (Lipinski definition) is 1. The lowest BCUT2D eigenvalue weighted by Crippen LogP contribution is -2.12. The van der Waals surface area contributed by atoms with Crippen LogP contribution in [0.4, 0.5) is 5.69 Å². The first-order valence-corrected chi connectivity index (χ1v) is 7.60. The maximum Gasteiger partial charge on any atom is 0.156 e. The summed E-state index contributed by atoms with van der Waals surface area (Å²) >= 11 is 0. The molecular formula is C12H20N2O2S. The number of nitrogens with zero attached hydrogens (tertiary/aromatic N) is 1. The molecule has 0 aliphatic rings. The van der Waals surface area contributed by atoms with E-state index in [1.54, 1.807) is 6.20 Å². The molecule has 1 rings (SSSR count). The summed E-state index contributed by atoms with van der Waals surface area (Å²) in [6, 6.07) is 0. The Morgan fingerprint density at radius 1 is 1.35 bits per heavy atom. The van der Waals surface area contributed by atoms with Crippen molar-refractivity contribution in [1.82, 2.24) is 4.98 Å². The van der Waals surface area contributed by atoms with Gasteiger partial charge in [0.1, 0.15) is 0 Å². The summed E-state index contributed by atoms with van der Waals surface area (Å²) in [5.74, 6) is 0.210. The molecule has 0 fully saturated rings. The number of pyridine rings is 1. The highest BCUT2D eigenvalue weighted by Gasteiger charge is 2.15. The number of anilines is 1. The number of hydrogen-bond acceptors (Lipinski definition) is 4. The van der Waals surface area contributed by atoms with E-state index >= 15 is 0 Å². The highest BCUT2D eigenvalue weighted by molar-refractivity contribution is 7.90. The van der Waals surface area contributed by atoms with Crippen molar-refractivity contribution >= 4 is 15.5 Å². The monoisotopic (exact) mass is 256 g/mol. The van der Waals surface area contributed by atoms with E-state index in [9.17, 15) is 8.42 Å². The molecule has 0 amide bonds. The molecule has 1 aromatic heterocycles. The van der Waals surface area contributed by atoms with Crippen LogP contribution in [0.1, 0.15) is 36.6 Å². The summed E-state index contributed by atoms with van der Waals surface area (Å²) in [6.45, 7) is 5.66. The van der Waals surface area contributed by atoms with Crippen molar-refractivity contribution in [3.05, 3.63) is 23.0 Å². The van der Waals surface area contributed by atoms with Gasteiger partial charge in [-0.3, -0.25) is 4.98 Å². The van der Waals surface area contributed by atoms with Crippen molar-refractivity contribution in [2.24, 2.45) is 0 Å². The molecule has 5 heteroatoms. The van der Waals surface area contributed by atoms with Crippen LogP contribution in [0.5, 0.6) is 0 Å². The van der Waals surface area contributed by atoms with Crippen molar-refractivity contribution in [3.63, 3.8) is 0 Å².